The maximum absolute atomic E-state index is 13.0. The molecule has 2 aromatic heterocycles. The molecule has 0 saturated carbocycles. The molecule has 7 nitrogen and oxygen atoms in total. The second-order valence-corrected chi connectivity index (χ2v) is 7.47. The summed E-state index contributed by atoms with van der Waals surface area (Å²) in [5.74, 6) is 0. The topological polar surface area (TPSA) is 93.9 Å². The highest BCUT2D eigenvalue weighted by Gasteiger charge is 2.18. The fraction of sp³-hybridized carbons (Fsp3) is 0.0400. The van der Waals surface area contributed by atoms with Crippen LogP contribution in [-0.4, -0.2) is 25.0 Å². The number of hydrogen-bond donors (Lipinski definition) is 3. The molecule has 3 N–H and O–H groups in total. The van der Waals surface area contributed by atoms with E-state index >= 15 is 0 Å². The van der Waals surface area contributed by atoms with Crippen molar-refractivity contribution in [3.8, 4) is 22.4 Å². The molecule has 3 aromatic carbocycles. The molecule has 158 valence electrons. The number of nitrogens with one attached hydrogen (secondary N) is 1. The van der Waals surface area contributed by atoms with Crippen LogP contribution in [0.1, 0.15) is 11.3 Å². The number of fused-ring (bicyclic) bond motifs is 1. The average molecular weight is 424 g/mol. The average Bonchev–Trinajstić information content (AvgIpc) is 3.19. The van der Waals surface area contributed by atoms with Gasteiger partial charge in [0.05, 0.1) is 11.4 Å². The second-order valence-electron chi connectivity index (χ2n) is 7.47. The highest BCUT2D eigenvalue weighted by atomic mass is 16.8. The van der Waals surface area contributed by atoms with Gasteiger partial charge in [0.15, 0.2) is 5.65 Å². The molecule has 0 aliphatic heterocycles. The first-order valence-corrected chi connectivity index (χ1v) is 10.1. The Balaban J connectivity index is 1.70. The van der Waals surface area contributed by atoms with Gasteiger partial charge in [-0.05, 0) is 23.3 Å². The molecular formula is C25H20N4O3. The fourth-order valence-corrected chi connectivity index (χ4v) is 3.83. The first-order valence-electron chi connectivity index (χ1n) is 10.1. The van der Waals surface area contributed by atoms with Crippen LogP contribution in [0, 0.1) is 0 Å². The first-order chi connectivity index (χ1) is 15.6. The van der Waals surface area contributed by atoms with Gasteiger partial charge in [-0.1, -0.05) is 72.8 Å². The highest BCUT2D eigenvalue weighted by Crippen LogP contribution is 2.30. The van der Waals surface area contributed by atoms with E-state index in [9.17, 15) is 15.2 Å². The van der Waals surface area contributed by atoms with Gasteiger partial charge in [0, 0.05) is 29.3 Å². The number of H-pyrrole nitrogens is 1. The van der Waals surface area contributed by atoms with Crippen molar-refractivity contribution >= 4 is 11.3 Å². The van der Waals surface area contributed by atoms with Crippen molar-refractivity contribution in [2.75, 3.05) is 5.23 Å². The summed E-state index contributed by atoms with van der Waals surface area (Å²) in [5.41, 5.74) is 5.59. The summed E-state index contributed by atoms with van der Waals surface area (Å²) in [6, 6.07) is 27.9. The van der Waals surface area contributed by atoms with Gasteiger partial charge in [-0.3, -0.25) is 20.3 Å². The Morgan fingerprint density at radius 3 is 2.16 bits per heavy atom. The zero-order valence-corrected chi connectivity index (χ0v) is 17.0. The van der Waals surface area contributed by atoms with E-state index in [1.807, 2.05) is 48.5 Å². The van der Waals surface area contributed by atoms with Gasteiger partial charge in [0.1, 0.15) is 0 Å². The number of nitrogens with zero attached hydrogens (tertiary/aromatic N) is 3. The van der Waals surface area contributed by atoms with Crippen LogP contribution in [0.3, 0.4) is 0 Å². The molecule has 0 aliphatic carbocycles. The van der Waals surface area contributed by atoms with Crippen molar-refractivity contribution in [3.63, 3.8) is 0 Å². The van der Waals surface area contributed by atoms with Crippen molar-refractivity contribution < 1.29 is 10.4 Å². The fourth-order valence-electron chi connectivity index (χ4n) is 3.83. The molecule has 0 atom stereocenters. The summed E-state index contributed by atoms with van der Waals surface area (Å²) in [5, 5.41) is 21.6. The van der Waals surface area contributed by atoms with Gasteiger partial charge in [0.25, 0.3) is 5.56 Å². The van der Waals surface area contributed by atoms with Gasteiger partial charge < -0.3 is 0 Å². The van der Waals surface area contributed by atoms with E-state index in [-0.39, 0.29) is 16.5 Å². The largest absolute Gasteiger partial charge is 0.293 e. The summed E-state index contributed by atoms with van der Waals surface area (Å²) in [4.78, 5) is 17.8. The van der Waals surface area contributed by atoms with E-state index in [2.05, 4.69) is 17.2 Å². The minimum Gasteiger partial charge on any atom is -0.293 e. The standard InChI is InChI=1S/C25H20N4O3/c30-23-16-21(18-11-13-20(14-12-18)29(31)32)26-25-24(19-9-5-2-6-10-19)22(27-28(23)25)15-17-7-3-1-4-8-17/h1-14,16,27,31-32H,15H2. The van der Waals surface area contributed by atoms with E-state index in [0.717, 1.165) is 22.4 Å². The summed E-state index contributed by atoms with van der Waals surface area (Å²) in [6.45, 7) is 0. The third kappa shape index (κ3) is 3.66. The maximum atomic E-state index is 13.0. The van der Waals surface area contributed by atoms with E-state index < -0.39 is 0 Å². The van der Waals surface area contributed by atoms with E-state index in [4.69, 9.17) is 4.98 Å². The minimum atomic E-state index is -0.225. The predicted molar refractivity (Wildman–Crippen MR) is 122 cm³/mol. The molecule has 0 aliphatic rings. The van der Waals surface area contributed by atoms with Crippen molar-refractivity contribution in [3.05, 3.63) is 113 Å². The lowest BCUT2D eigenvalue weighted by Gasteiger charge is -2.08. The number of hydrogen-bond acceptors (Lipinski definition) is 5. The van der Waals surface area contributed by atoms with Crippen LogP contribution >= 0.6 is 0 Å². The Hall–Kier alpha value is -4.20. The van der Waals surface area contributed by atoms with Gasteiger partial charge in [-0.25, -0.2) is 9.50 Å². The van der Waals surface area contributed by atoms with E-state index in [1.165, 1.54) is 22.7 Å². The lowest BCUT2D eigenvalue weighted by atomic mass is 10.0. The molecule has 5 aromatic rings. The molecule has 5 rings (SSSR count). The van der Waals surface area contributed by atoms with Gasteiger partial charge >= 0.3 is 0 Å². The van der Waals surface area contributed by atoms with Crippen molar-refractivity contribution in [1.29, 1.82) is 0 Å². The Labute approximate surface area is 183 Å². The van der Waals surface area contributed by atoms with Gasteiger partial charge in [-0.15, -0.1) is 5.23 Å². The number of aromatic nitrogens is 3. The molecule has 0 fully saturated rings. The van der Waals surface area contributed by atoms with E-state index in [0.29, 0.717) is 23.3 Å². The third-order valence-electron chi connectivity index (χ3n) is 5.37. The molecular weight excluding hydrogens is 404 g/mol. The highest BCUT2D eigenvalue weighted by molar-refractivity contribution is 5.81. The van der Waals surface area contributed by atoms with Crippen LogP contribution in [-0.2, 0) is 6.42 Å². The Bertz CT molecular complexity index is 1420. The van der Waals surface area contributed by atoms with Crippen molar-refractivity contribution in [2.24, 2.45) is 0 Å². The molecule has 0 bridgehead atoms. The Morgan fingerprint density at radius 1 is 0.844 bits per heavy atom. The van der Waals surface area contributed by atoms with Crippen LogP contribution < -0.4 is 10.8 Å². The van der Waals surface area contributed by atoms with Crippen LogP contribution in [0.4, 0.5) is 5.69 Å². The van der Waals surface area contributed by atoms with Gasteiger partial charge in [-0.2, -0.15) is 0 Å². The molecule has 7 heteroatoms. The molecule has 0 spiro atoms. The third-order valence-corrected chi connectivity index (χ3v) is 5.37. The molecule has 0 saturated heterocycles. The maximum Gasteiger partial charge on any atom is 0.273 e. The van der Waals surface area contributed by atoms with Crippen LogP contribution in [0.2, 0.25) is 0 Å². The van der Waals surface area contributed by atoms with Crippen LogP contribution in [0.5, 0.6) is 0 Å². The second kappa shape index (κ2) is 8.14. The molecule has 2 heterocycles. The summed E-state index contributed by atoms with van der Waals surface area (Å²) in [6.07, 6.45) is 0.626. The normalized spacial score (nSPS) is 11.1. The lowest BCUT2D eigenvalue weighted by molar-refractivity contribution is 0.0292. The Kier molecular flexibility index (Phi) is 5.03. The minimum absolute atomic E-state index is 0.0464. The number of rotatable bonds is 5. The predicted octanol–water partition coefficient (Wildman–Crippen LogP) is 4.53. The van der Waals surface area contributed by atoms with Crippen LogP contribution in [0.25, 0.3) is 28.0 Å². The van der Waals surface area contributed by atoms with Crippen molar-refractivity contribution in [1.82, 2.24) is 14.6 Å². The monoisotopic (exact) mass is 424 g/mol. The molecule has 32 heavy (non-hydrogen) atoms. The zero-order valence-electron chi connectivity index (χ0n) is 17.0. The SMILES string of the molecule is O=c1cc(-c2ccc(N(O)O)cc2)nc2c(-c3ccccc3)c(Cc3ccccc3)[nH]n12. The molecule has 0 radical (unpaired) electrons. The lowest BCUT2D eigenvalue weighted by Crippen LogP contribution is -2.14. The summed E-state index contributed by atoms with van der Waals surface area (Å²) in [7, 11) is 0. The number of benzene rings is 3. The molecule has 0 unspecified atom stereocenters. The number of aromatic amines is 1. The van der Waals surface area contributed by atoms with Crippen molar-refractivity contribution in [2.45, 2.75) is 6.42 Å². The summed E-state index contributed by atoms with van der Waals surface area (Å²) >= 11 is 0. The molecule has 0 amide bonds. The van der Waals surface area contributed by atoms with E-state index in [1.54, 1.807) is 12.1 Å². The van der Waals surface area contributed by atoms with Crippen LogP contribution in [0.15, 0.2) is 95.8 Å². The smallest absolute Gasteiger partial charge is 0.273 e. The summed E-state index contributed by atoms with van der Waals surface area (Å²) < 4.78 is 1.47. The zero-order chi connectivity index (χ0) is 22.1. The van der Waals surface area contributed by atoms with Gasteiger partial charge in [0.2, 0.25) is 0 Å². The first kappa shape index (κ1) is 19.7. The quantitative estimate of drug-likeness (QED) is 0.360. The Morgan fingerprint density at radius 2 is 1.50 bits per heavy atom. The number of anilines is 1.